The molecule has 2 saturated heterocycles. The molecule has 26 heavy (non-hydrogen) atoms. The lowest BCUT2D eigenvalue weighted by Gasteiger charge is -2.37. The second-order valence-corrected chi connectivity index (χ2v) is 7.93. The zero-order chi connectivity index (χ0) is 18.1. The summed E-state index contributed by atoms with van der Waals surface area (Å²) in [6, 6.07) is 7.53. The van der Waals surface area contributed by atoms with Gasteiger partial charge in [-0.1, -0.05) is 11.6 Å². The first kappa shape index (κ1) is 17.4. The van der Waals surface area contributed by atoms with E-state index in [-0.39, 0.29) is 5.41 Å². The highest BCUT2D eigenvalue weighted by Crippen LogP contribution is 2.40. The fourth-order valence-corrected chi connectivity index (χ4v) is 4.31. The smallest absolute Gasteiger partial charge is 0.229 e. The van der Waals surface area contributed by atoms with Crippen molar-refractivity contribution in [3.05, 3.63) is 47.2 Å². The first-order valence-electron chi connectivity index (χ1n) is 9.11. The maximum Gasteiger partial charge on any atom is 0.229 e. The molecule has 0 radical (unpaired) electrons. The van der Waals surface area contributed by atoms with E-state index in [0.29, 0.717) is 16.8 Å². The number of benzene rings is 1. The van der Waals surface area contributed by atoms with E-state index >= 15 is 0 Å². The maximum atomic E-state index is 12.6. The van der Waals surface area contributed by atoms with Gasteiger partial charge in [0.25, 0.3) is 0 Å². The molecule has 1 spiro atoms. The number of carbonyl (C=O) groups is 1. The van der Waals surface area contributed by atoms with E-state index in [2.05, 4.69) is 14.9 Å². The standard InChI is InChI=1S/C20H23ClN4O/c1-24-9-2-7-20(19(24)26)8-10-25(14-20)13-15-11-22-18(23-12-15)16-3-5-17(21)6-4-16/h3-6,11-12H,2,7-10,13-14H2,1H3/t20-/m0/s1. The van der Waals surface area contributed by atoms with Gasteiger partial charge in [-0.25, -0.2) is 9.97 Å². The highest BCUT2D eigenvalue weighted by molar-refractivity contribution is 6.30. The van der Waals surface area contributed by atoms with Crippen molar-refractivity contribution in [3.63, 3.8) is 0 Å². The van der Waals surface area contributed by atoms with Crippen LogP contribution in [0.15, 0.2) is 36.7 Å². The summed E-state index contributed by atoms with van der Waals surface area (Å²) >= 11 is 5.93. The molecular weight excluding hydrogens is 348 g/mol. The van der Waals surface area contributed by atoms with Gasteiger partial charge in [0.05, 0.1) is 5.41 Å². The van der Waals surface area contributed by atoms with Gasteiger partial charge >= 0.3 is 0 Å². The molecule has 3 heterocycles. The van der Waals surface area contributed by atoms with Crippen LogP contribution in [-0.4, -0.2) is 52.4 Å². The fourth-order valence-electron chi connectivity index (χ4n) is 4.18. The Hall–Kier alpha value is -1.98. The molecular formula is C20H23ClN4O. The quantitative estimate of drug-likeness (QED) is 0.832. The van der Waals surface area contributed by atoms with Gasteiger partial charge in [0, 0.05) is 55.2 Å². The van der Waals surface area contributed by atoms with Crippen LogP contribution in [0, 0.1) is 5.41 Å². The maximum absolute atomic E-state index is 12.6. The van der Waals surface area contributed by atoms with Crippen molar-refractivity contribution in [2.45, 2.75) is 25.8 Å². The summed E-state index contributed by atoms with van der Waals surface area (Å²) in [5, 5.41) is 0.705. The predicted octanol–water partition coefficient (Wildman–Crippen LogP) is 3.24. The van der Waals surface area contributed by atoms with Crippen LogP contribution in [0.2, 0.25) is 5.02 Å². The van der Waals surface area contributed by atoms with Gasteiger partial charge in [0.2, 0.25) is 5.91 Å². The molecule has 0 saturated carbocycles. The summed E-state index contributed by atoms with van der Waals surface area (Å²) in [6.45, 7) is 3.48. The molecule has 0 bridgehead atoms. The van der Waals surface area contributed by atoms with E-state index in [0.717, 1.165) is 56.6 Å². The summed E-state index contributed by atoms with van der Waals surface area (Å²) < 4.78 is 0. The Morgan fingerprint density at radius 3 is 2.58 bits per heavy atom. The van der Waals surface area contributed by atoms with E-state index < -0.39 is 0 Å². The van der Waals surface area contributed by atoms with Crippen molar-refractivity contribution in [3.8, 4) is 11.4 Å². The summed E-state index contributed by atoms with van der Waals surface area (Å²) in [5.41, 5.74) is 1.87. The number of likely N-dealkylation sites (tertiary alicyclic amines) is 2. The third kappa shape index (κ3) is 3.33. The van der Waals surface area contributed by atoms with Gasteiger partial charge in [-0.05, 0) is 50.1 Å². The summed E-state index contributed by atoms with van der Waals surface area (Å²) in [7, 11) is 1.93. The van der Waals surface area contributed by atoms with Crippen LogP contribution in [0.1, 0.15) is 24.8 Å². The molecule has 4 rings (SSSR count). The Balaban J connectivity index is 1.42. The lowest BCUT2D eigenvalue weighted by molar-refractivity contribution is -0.143. The molecule has 0 N–H and O–H groups in total. The topological polar surface area (TPSA) is 49.3 Å². The Morgan fingerprint density at radius 1 is 1.12 bits per heavy atom. The molecule has 0 unspecified atom stereocenters. The molecule has 6 heteroatoms. The van der Waals surface area contributed by atoms with Crippen LogP contribution < -0.4 is 0 Å². The van der Waals surface area contributed by atoms with Crippen molar-refractivity contribution in [2.75, 3.05) is 26.7 Å². The van der Waals surface area contributed by atoms with Crippen molar-refractivity contribution in [1.82, 2.24) is 19.8 Å². The van der Waals surface area contributed by atoms with E-state index in [1.807, 2.05) is 48.6 Å². The molecule has 2 aliphatic heterocycles. The van der Waals surface area contributed by atoms with Gasteiger partial charge in [-0.2, -0.15) is 0 Å². The van der Waals surface area contributed by atoms with Crippen LogP contribution in [0.4, 0.5) is 0 Å². The number of hydrogen-bond donors (Lipinski definition) is 0. The first-order chi connectivity index (χ1) is 12.6. The second-order valence-electron chi connectivity index (χ2n) is 7.49. The third-order valence-corrected chi connectivity index (χ3v) is 5.85. The van der Waals surface area contributed by atoms with E-state index in [4.69, 9.17) is 11.6 Å². The number of amides is 1. The summed E-state index contributed by atoms with van der Waals surface area (Å²) in [4.78, 5) is 25.9. The van der Waals surface area contributed by atoms with Crippen LogP contribution in [0.5, 0.6) is 0 Å². The number of hydrogen-bond acceptors (Lipinski definition) is 4. The normalized spacial score (nSPS) is 23.8. The Morgan fingerprint density at radius 2 is 1.85 bits per heavy atom. The monoisotopic (exact) mass is 370 g/mol. The fraction of sp³-hybridized carbons (Fsp3) is 0.450. The van der Waals surface area contributed by atoms with Gasteiger partial charge in [0.15, 0.2) is 5.82 Å². The number of rotatable bonds is 3. The molecule has 136 valence electrons. The van der Waals surface area contributed by atoms with Crippen LogP contribution in [0.25, 0.3) is 11.4 Å². The summed E-state index contributed by atoms with van der Waals surface area (Å²) in [6.07, 6.45) is 6.85. The Kier molecular flexibility index (Phi) is 4.67. The second kappa shape index (κ2) is 6.97. The minimum absolute atomic E-state index is 0.170. The molecule has 2 fully saturated rings. The first-order valence-corrected chi connectivity index (χ1v) is 9.48. The average molecular weight is 371 g/mol. The average Bonchev–Trinajstić information content (AvgIpc) is 3.05. The molecule has 1 aromatic carbocycles. The Bertz CT molecular complexity index is 792. The van der Waals surface area contributed by atoms with Gasteiger partial charge in [0.1, 0.15) is 0 Å². The van der Waals surface area contributed by atoms with Gasteiger partial charge < -0.3 is 4.90 Å². The van der Waals surface area contributed by atoms with E-state index in [9.17, 15) is 4.79 Å². The zero-order valence-corrected chi connectivity index (χ0v) is 15.7. The molecule has 0 aliphatic carbocycles. The van der Waals surface area contributed by atoms with Crippen molar-refractivity contribution >= 4 is 17.5 Å². The summed E-state index contributed by atoms with van der Waals surface area (Å²) in [5.74, 6) is 1.02. The third-order valence-electron chi connectivity index (χ3n) is 5.60. The number of halogens is 1. The van der Waals surface area contributed by atoms with Crippen molar-refractivity contribution in [1.29, 1.82) is 0 Å². The van der Waals surface area contributed by atoms with Gasteiger partial charge in [-0.15, -0.1) is 0 Å². The van der Waals surface area contributed by atoms with Crippen LogP contribution in [-0.2, 0) is 11.3 Å². The van der Waals surface area contributed by atoms with Gasteiger partial charge in [-0.3, -0.25) is 9.69 Å². The number of carbonyl (C=O) groups excluding carboxylic acids is 1. The number of piperidine rings is 1. The Labute approximate surface area is 159 Å². The lowest BCUT2D eigenvalue weighted by atomic mass is 9.78. The zero-order valence-electron chi connectivity index (χ0n) is 15.0. The minimum Gasteiger partial charge on any atom is -0.345 e. The van der Waals surface area contributed by atoms with Crippen LogP contribution in [0.3, 0.4) is 0 Å². The minimum atomic E-state index is -0.170. The van der Waals surface area contributed by atoms with E-state index in [1.165, 1.54) is 0 Å². The van der Waals surface area contributed by atoms with Crippen molar-refractivity contribution in [2.24, 2.45) is 5.41 Å². The number of nitrogens with zero attached hydrogens (tertiary/aromatic N) is 4. The molecule has 1 aromatic heterocycles. The van der Waals surface area contributed by atoms with Crippen LogP contribution >= 0.6 is 11.6 Å². The molecule has 1 atom stereocenters. The largest absolute Gasteiger partial charge is 0.345 e. The molecule has 5 nitrogen and oxygen atoms in total. The highest BCUT2D eigenvalue weighted by Gasteiger charge is 2.47. The molecule has 2 aromatic rings. The van der Waals surface area contributed by atoms with Crippen molar-refractivity contribution < 1.29 is 4.79 Å². The predicted molar refractivity (Wildman–Crippen MR) is 102 cm³/mol. The SMILES string of the molecule is CN1CCC[C@@]2(CCN(Cc3cnc(-c4ccc(Cl)cc4)nc3)C2)C1=O. The molecule has 2 aliphatic rings. The van der Waals surface area contributed by atoms with E-state index in [1.54, 1.807) is 0 Å². The molecule has 1 amide bonds. The highest BCUT2D eigenvalue weighted by atomic mass is 35.5. The lowest BCUT2D eigenvalue weighted by Crippen LogP contribution is -2.48. The number of aromatic nitrogens is 2.